The first-order chi connectivity index (χ1) is 13.6. The SMILES string of the molecule is CCNC(=NCc1ccc(F)c(CN(C)C)c1)NC1CCOc2ccccc21. The number of ether oxygens (including phenoxy) is 1. The smallest absolute Gasteiger partial charge is 0.192 e. The van der Waals surface area contributed by atoms with E-state index in [2.05, 4.69) is 16.7 Å². The predicted octanol–water partition coefficient (Wildman–Crippen LogP) is 3.47. The Morgan fingerprint density at radius 3 is 2.86 bits per heavy atom. The van der Waals surface area contributed by atoms with E-state index in [1.54, 1.807) is 6.07 Å². The number of rotatable bonds is 6. The topological polar surface area (TPSA) is 48.9 Å². The number of fused-ring (bicyclic) bond motifs is 1. The van der Waals surface area contributed by atoms with E-state index in [0.29, 0.717) is 25.3 Å². The zero-order chi connectivity index (χ0) is 19.9. The minimum atomic E-state index is -0.176. The zero-order valence-corrected chi connectivity index (χ0v) is 16.8. The lowest BCUT2D eigenvalue weighted by Crippen LogP contribution is -2.41. The summed E-state index contributed by atoms with van der Waals surface area (Å²) in [7, 11) is 3.87. The summed E-state index contributed by atoms with van der Waals surface area (Å²) in [5.74, 6) is 1.50. The molecule has 6 heteroatoms. The molecular formula is C22H29FN4O. The van der Waals surface area contributed by atoms with Crippen LogP contribution in [0.2, 0.25) is 0 Å². The van der Waals surface area contributed by atoms with Crippen LogP contribution in [-0.2, 0) is 13.1 Å². The Balaban J connectivity index is 1.73. The summed E-state index contributed by atoms with van der Waals surface area (Å²) >= 11 is 0. The van der Waals surface area contributed by atoms with Gasteiger partial charge in [0, 0.05) is 30.6 Å². The van der Waals surface area contributed by atoms with Crippen molar-refractivity contribution in [3.8, 4) is 5.75 Å². The second-order valence-corrected chi connectivity index (χ2v) is 7.23. The van der Waals surface area contributed by atoms with Gasteiger partial charge < -0.3 is 20.3 Å². The van der Waals surface area contributed by atoms with Crippen molar-refractivity contribution < 1.29 is 9.13 Å². The molecule has 0 saturated heterocycles. The van der Waals surface area contributed by atoms with Crippen LogP contribution >= 0.6 is 0 Å². The van der Waals surface area contributed by atoms with E-state index in [4.69, 9.17) is 9.73 Å². The van der Waals surface area contributed by atoms with E-state index >= 15 is 0 Å². The van der Waals surface area contributed by atoms with E-state index in [1.807, 2.05) is 50.2 Å². The van der Waals surface area contributed by atoms with Gasteiger partial charge >= 0.3 is 0 Å². The molecule has 0 amide bonds. The van der Waals surface area contributed by atoms with Crippen LogP contribution in [0.3, 0.4) is 0 Å². The second kappa shape index (κ2) is 9.55. The number of benzene rings is 2. The molecule has 0 radical (unpaired) electrons. The lowest BCUT2D eigenvalue weighted by Gasteiger charge is -2.28. The summed E-state index contributed by atoms with van der Waals surface area (Å²) in [4.78, 5) is 6.68. The molecule has 1 aliphatic rings. The quantitative estimate of drug-likeness (QED) is 0.592. The van der Waals surface area contributed by atoms with E-state index in [-0.39, 0.29) is 11.9 Å². The second-order valence-electron chi connectivity index (χ2n) is 7.23. The fourth-order valence-corrected chi connectivity index (χ4v) is 3.34. The van der Waals surface area contributed by atoms with E-state index in [9.17, 15) is 4.39 Å². The molecule has 2 N–H and O–H groups in total. The summed E-state index contributed by atoms with van der Waals surface area (Å²) in [6, 6.07) is 13.5. The third-order valence-electron chi connectivity index (χ3n) is 4.63. The maximum Gasteiger partial charge on any atom is 0.192 e. The molecule has 1 heterocycles. The van der Waals surface area contributed by atoms with Gasteiger partial charge in [-0.3, -0.25) is 0 Å². The molecule has 3 rings (SSSR count). The molecule has 0 fully saturated rings. The van der Waals surface area contributed by atoms with Gasteiger partial charge in [0.25, 0.3) is 0 Å². The molecule has 2 aromatic rings. The van der Waals surface area contributed by atoms with Crippen LogP contribution in [0.15, 0.2) is 47.5 Å². The number of aliphatic imine (C=N–C) groups is 1. The molecule has 1 aliphatic heterocycles. The Kier molecular flexibility index (Phi) is 6.87. The summed E-state index contributed by atoms with van der Waals surface area (Å²) in [6.07, 6.45) is 0.880. The minimum Gasteiger partial charge on any atom is -0.493 e. The maximum atomic E-state index is 14.0. The minimum absolute atomic E-state index is 0.153. The van der Waals surface area contributed by atoms with Crippen LogP contribution < -0.4 is 15.4 Å². The molecule has 1 unspecified atom stereocenters. The van der Waals surface area contributed by atoms with Gasteiger partial charge in [-0.2, -0.15) is 0 Å². The third-order valence-corrected chi connectivity index (χ3v) is 4.63. The van der Waals surface area contributed by atoms with Crippen molar-refractivity contribution in [3.63, 3.8) is 0 Å². The highest BCUT2D eigenvalue weighted by molar-refractivity contribution is 5.80. The van der Waals surface area contributed by atoms with Crippen molar-refractivity contribution in [1.29, 1.82) is 0 Å². The highest BCUT2D eigenvalue weighted by Gasteiger charge is 2.21. The molecule has 0 aliphatic carbocycles. The van der Waals surface area contributed by atoms with Gasteiger partial charge in [0.15, 0.2) is 5.96 Å². The Morgan fingerprint density at radius 1 is 1.25 bits per heavy atom. The fraction of sp³-hybridized carbons (Fsp3) is 0.409. The first-order valence-corrected chi connectivity index (χ1v) is 9.75. The molecular weight excluding hydrogens is 355 g/mol. The average Bonchev–Trinajstić information content (AvgIpc) is 2.68. The number of halogens is 1. The van der Waals surface area contributed by atoms with Gasteiger partial charge in [-0.15, -0.1) is 0 Å². The molecule has 28 heavy (non-hydrogen) atoms. The van der Waals surface area contributed by atoms with Crippen LogP contribution in [0.4, 0.5) is 4.39 Å². The van der Waals surface area contributed by atoms with Gasteiger partial charge in [0.2, 0.25) is 0 Å². The standard InChI is InChI=1S/C22H29FN4O/c1-4-24-22(26-20-11-12-28-21-8-6-5-7-18(20)21)25-14-16-9-10-19(23)17(13-16)15-27(2)3/h5-10,13,20H,4,11-12,14-15H2,1-3H3,(H2,24,25,26). The Bertz CT molecular complexity index is 822. The van der Waals surface area contributed by atoms with Crippen LogP contribution in [0.25, 0.3) is 0 Å². The third kappa shape index (κ3) is 5.23. The molecule has 1 atom stereocenters. The number of para-hydroxylation sites is 1. The molecule has 0 saturated carbocycles. The number of nitrogens with one attached hydrogen (secondary N) is 2. The predicted molar refractivity (Wildman–Crippen MR) is 111 cm³/mol. The van der Waals surface area contributed by atoms with Gasteiger partial charge in [0.05, 0.1) is 19.2 Å². The molecule has 2 aromatic carbocycles. The van der Waals surface area contributed by atoms with Gasteiger partial charge in [0.1, 0.15) is 11.6 Å². The van der Waals surface area contributed by atoms with Crippen molar-refractivity contribution in [1.82, 2.24) is 15.5 Å². The van der Waals surface area contributed by atoms with E-state index in [1.165, 1.54) is 6.07 Å². The van der Waals surface area contributed by atoms with E-state index < -0.39 is 0 Å². The first-order valence-electron chi connectivity index (χ1n) is 9.75. The zero-order valence-electron chi connectivity index (χ0n) is 16.8. The van der Waals surface area contributed by atoms with Crippen molar-refractivity contribution in [2.75, 3.05) is 27.2 Å². The Morgan fingerprint density at radius 2 is 2.07 bits per heavy atom. The summed E-state index contributed by atoms with van der Waals surface area (Å²) in [5, 5.41) is 6.82. The first kappa shape index (κ1) is 20.1. The summed E-state index contributed by atoms with van der Waals surface area (Å²) in [5.41, 5.74) is 2.83. The Labute approximate surface area is 166 Å². The maximum absolute atomic E-state index is 14.0. The average molecular weight is 384 g/mol. The Hall–Kier alpha value is -2.60. The van der Waals surface area contributed by atoms with Crippen LogP contribution in [0.5, 0.6) is 5.75 Å². The molecule has 0 spiro atoms. The molecule has 5 nitrogen and oxygen atoms in total. The van der Waals surface area contributed by atoms with Gasteiger partial charge in [-0.05, 0) is 44.8 Å². The monoisotopic (exact) mass is 384 g/mol. The van der Waals surface area contributed by atoms with E-state index in [0.717, 1.165) is 35.8 Å². The van der Waals surface area contributed by atoms with Crippen LogP contribution in [0, 0.1) is 5.82 Å². The van der Waals surface area contributed by atoms with Crippen LogP contribution in [-0.4, -0.2) is 38.1 Å². The lowest BCUT2D eigenvalue weighted by molar-refractivity contribution is 0.261. The van der Waals surface area contributed by atoms with Crippen LogP contribution in [0.1, 0.15) is 36.1 Å². The molecule has 0 aromatic heterocycles. The highest BCUT2D eigenvalue weighted by Crippen LogP contribution is 2.31. The highest BCUT2D eigenvalue weighted by atomic mass is 19.1. The summed E-state index contributed by atoms with van der Waals surface area (Å²) in [6.45, 7) is 4.55. The number of hydrogen-bond acceptors (Lipinski definition) is 3. The summed E-state index contributed by atoms with van der Waals surface area (Å²) < 4.78 is 19.7. The van der Waals surface area contributed by atoms with Crippen molar-refractivity contribution in [2.24, 2.45) is 4.99 Å². The van der Waals surface area contributed by atoms with Crippen molar-refractivity contribution >= 4 is 5.96 Å². The molecule has 150 valence electrons. The molecule has 0 bridgehead atoms. The van der Waals surface area contributed by atoms with Crippen molar-refractivity contribution in [2.45, 2.75) is 32.5 Å². The van der Waals surface area contributed by atoms with Crippen molar-refractivity contribution in [3.05, 3.63) is 65.0 Å². The van der Waals surface area contributed by atoms with Gasteiger partial charge in [-0.1, -0.05) is 24.3 Å². The lowest BCUT2D eigenvalue weighted by atomic mass is 10.0. The largest absolute Gasteiger partial charge is 0.493 e. The fourth-order valence-electron chi connectivity index (χ4n) is 3.34. The number of hydrogen-bond donors (Lipinski definition) is 2. The normalized spacial score (nSPS) is 16.5. The van der Waals surface area contributed by atoms with Gasteiger partial charge in [-0.25, -0.2) is 9.38 Å². The number of guanidine groups is 1. The number of nitrogens with zero attached hydrogens (tertiary/aromatic N) is 2.